The van der Waals surface area contributed by atoms with Crippen LogP contribution in [0.25, 0.3) is 6.08 Å². The highest BCUT2D eigenvalue weighted by Crippen LogP contribution is 2.53. The van der Waals surface area contributed by atoms with Crippen LogP contribution in [0.15, 0.2) is 48.0 Å². The zero-order chi connectivity index (χ0) is 22.4. The van der Waals surface area contributed by atoms with Crippen LogP contribution in [-0.2, 0) is 15.6 Å². The summed E-state index contributed by atoms with van der Waals surface area (Å²) in [5.41, 5.74) is 3.83. The van der Waals surface area contributed by atoms with Crippen molar-refractivity contribution in [1.82, 2.24) is 0 Å². The van der Waals surface area contributed by atoms with E-state index in [1.54, 1.807) is 30.3 Å². The standard InChI is InChI=1S/C26H28O4/c1-15(24(29)30)13-17-7-9-18(10-8-17)22(27)23(28)19-11-12-20-21(14-19)26(5,6)16(2)25(20,3)4/h7-14,16H,1-6H3,(H,29,30)/b15-13+. The predicted molar refractivity (Wildman–Crippen MR) is 118 cm³/mol. The minimum atomic E-state index is -0.998. The van der Waals surface area contributed by atoms with Gasteiger partial charge < -0.3 is 5.11 Å². The number of hydrogen-bond donors (Lipinski definition) is 1. The Morgan fingerprint density at radius 1 is 0.833 bits per heavy atom. The van der Waals surface area contributed by atoms with Gasteiger partial charge in [0, 0.05) is 16.7 Å². The van der Waals surface area contributed by atoms with Crippen LogP contribution in [0, 0.1) is 5.92 Å². The van der Waals surface area contributed by atoms with Crippen molar-refractivity contribution in [3.63, 3.8) is 0 Å². The number of hydrogen-bond acceptors (Lipinski definition) is 3. The molecule has 0 aromatic heterocycles. The molecular formula is C26H28O4. The third-order valence-electron chi connectivity index (χ3n) is 6.93. The molecule has 3 rings (SSSR count). The zero-order valence-electron chi connectivity index (χ0n) is 18.4. The summed E-state index contributed by atoms with van der Waals surface area (Å²) in [6.45, 7) is 12.6. The molecule has 4 heteroatoms. The van der Waals surface area contributed by atoms with Crippen molar-refractivity contribution in [3.05, 3.63) is 75.9 Å². The van der Waals surface area contributed by atoms with Gasteiger partial charge in [0.15, 0.2) is 0 Å². The van der Waals surface area contributed by atoms with Gasteiger partial charge in [0.1, 0.15) is 0 Å². The Kier molecular flexibility index (Phi) is 5.32. The highest BCUT2D eigenvalue weighted by atomic mass is 16.4. The lowest BCUT2D eigenvalue weighted by molar-refractivity contribution is -0.132. The lowest BCUT2D eigenvalue weighted by Crippen LogP contribution is -2.30. The first-order chi connectivity index (χ1) is 13.9. The predicted octanol–water partition coefficient (Wildman–Crippen LogP) is 5.45. The van der Waals surface area contributed by atoms with Crippen molar-refractivity contribution in [2.24, 2.45) is 5.92 Å². The molecule has 0 radical (unpaired) electrons. The topological polar surface area (TPSA) is 71.4 Å². The van der Waals surface area contributed by atoms with E-state index in [1.165, 1.54) is 18.6 Å². The summed E-state index contributed by atoms with van der Waals surface area (Å²) in [4.78, 5) is 36.6. The fourth-order valence-corrected chi connectivity index (χ4v) is 4.45. The van der Waals surface area contributed by atoms with Crippen molar-refractivity contribution in [3.8, 4) is 0 Å². The van der Waals surface area contributed by atoms with Crippen molar-refractivity contribution in [2.75, 3.05) is 0 Å². The Bertz CT molecular complexity index is 1070. The number of rotatable bonds is 5. The molecule has 1 unspecified atom stereocenters. The second kappa shape index (κ2) is 7.35. The molecular weight excluding hydrogens is 376 g/mol. The Hall–Kier alpha value is -3.01. The van der Waals surface area contributed by atoms with Gasteiger partial charge in [-0.25, -0.2) is 4.79 Å². The van der Waals surface area contributed by atoms with E-state index in [0.29, 0.717) is 22.6 Å². The van der Waals surface area contributed by atoms with Crippen LogP contribution in [0.3, 0.4) is 0 Å². The number of carboxylic acid groups (broad SMARTS) is 1. The van der Waals surface area contributed by atoms with E-state index >= 15 is 0 Å². The molecule has 1 aliphatic rings. The number of carbonyl (C=O) groups excluding carboxylic acids is 2. The first kappa shape index (κ1) is 21.7. The highest BCUT2D eigenvalue weighted by molar-refractivity contribution is 6.49. The van der Waals surface area contributed by atoms with E-state index in [4.69, 9.17) is 5.11 Å². The van der Waals surface area contributed by atoms with Crippen LogP contribution >= 0.6 is 0 Å². The second-order valence-corrected chi connectivity index (χ2v) is 9.34. The molecule has 4 nitrogen and oxygen atoms in total. The van der Waals surface area contributed by atoms with Gasteiger partial charge in [-0.2, -0.15) is 0 Å². The Balaban J connectivity index is 1.90. The van der Waals surface area contributed by atoms with Gasteiger partial charge in [-0.3, -0.25) is 9.59 Å². The average molecular weight is 405 g/mol. The Morgan fingerprint density at radius 2 is 1.33 bits per heavy atom. The van der Waals surface area contributed by atoms with Crippen molar-refractivity contribution in [2.45, 2.75) is 52.4 Å². The number of aliphatic carboxylic acids is 1. The van der Waals surface area contributed by atoms with Crippen LogP contribution in [-0.4, -0.2) is 22.6 Å². The quantitative estimate of drug-likeness (QED) is 0.409. The monoisotopic (exact) mass is 404 g/mol. The summed E-state index contributed by atoms with van der Waals surface area (Å²) in [7, 11) is 0. The van der Waals surface area contributed by atoms with Gasteiger partial charge in [0.05, 0.1) is 0 Å². The van der Waals surface area contributed by atoms with Crippen molar-refractivity contribution >= 4 is 23.6 Å². The minimum Gasteiger partial charge on any atom is -0.478 e. The SMILES string of the molecule is C/C(=C\c1ccc(C(=O)C(=O)c2ccc3c(c2)C(C)(C)C(C)C3(C)C)cc1)C(=O)O. The number of ketones is 2. The van der Waals surface area contributed by atoms with Gasteiger partial charge in [0.2, 0.25) is 11.6 Å². The highest BCUT2D eigenvalue weighted by Gasteiger charge is 2.48. The van der Waals surface area contributed by atoms with E-state index in [9.17, 15) is 14.4 Å². The maximum Gasteiger partial charge on any atom is 0.331 e. The fraction of sp³-hybridized carbons (Fsp3) is 0.346. The molecule has 0 bridgehead atoms. The molecule has 0 spiro atoms. The first-order valence-electron chi connectivity index (χ1n) is 10.1. The number of carbonyl (C=O) groups is 3. The maximum atomic E-state index is 12.9. The van der Waals surface area contributed by atoms with Crippen LogP contribution in [0.5, 0.6) is 0 Å². The molecule has 1 atom stereocenters. The van der Waals surface area contributed by atoms with Gasteiger partial charge in [-0.1, -0.05) is 71.0 Å². The minimum absolute atomic E-state index is 0.00184. The lowest BCUT2D eigenvalue weighted by atomic mass is 9.71. The molecule has 0 aliphatic heterocycles. The molecule has 0 heterocycles. The number of fused-ring (bicyclic) bond motifs is 1. The number of benzene rings is 2. The molecule has 0 saturated heterocycles. The van der Waals surface area contributed by atoms with E-state index in [1.807, 2.05) is 12.1 Å². The van der Waals surface area contributed by atoms with Crippen LogP contribution in [0.1, 0.15) is 78.9 Å². The maximum absolute atomic E-state index is 12.9. The van der Waals surface area contributed by atoms with Crippen molar-refractivity contribution < 1.29 is 19.5 Å². The molecule has 0 saturated carbocycles. The fourth-order valence-electron chi connectivity index (χ4n) is 4.45. The largest absolute Gasteiger partial charge is 0.478 e. The molecule has 30 heavy (non-hydrogen) atoms. The summed E-state index contributed by atoms with van der Waals surface area (Å²) < 4.78 is 0. The van der Waals surface area contributed by atoms with Crippen LogP contribution in [0.2, 0.25) is 0 Å². The normalized spacial score (nSPS) is 19.3. The molecule has 1 aliphatic carbocycles. The summed E-state index contributed by atoms with van der Waals surface area (Å²) in [5, 5.41) is 8.97. The first-order valence-corrected chi connectivity index (χ1v) is 10.1. The number of carboxylic acids is 1. The molecule has 0 amide bonds. The van der Waals surface area contributed by atoms with E-state index in [-0.39, 0.29) is 16.4 Å². The van der Waals surface area contributed by atoms with Gasteiger partial charge in [-0.05, 0) is 52.5 Å². The molecule has 0 fully saturated rings. The van der Waals surface area contributed by atoms with Crippen LogP contribution in [0.4, 0.5) is 0 Å². The lowest BCUT2D eigenvalue weighted by Gasteiger charge is -2.32. The third kappa shape index (κ3) is 3.51. The van der Waals surface area contributed by atoms with Gasteiger partial charge in [-0.15, -0.1) is 0 Å². The van der Waals surface area contributed by atoms with Crippen LogP contribution < -0.4 is 0 Å². The smallest absolute Gasteiger partial charge is 0.331 e. The zero-order valence-corrected chi connectivity index (χ0v) is 18.4. The van der Waals surface area contributed by atoms with Crippen molar-refractivity contribution in [1.29, 1.82) is 0 Å². The average Bonchev–Trinajstić information content (AvgIpc) is 2.84. The van der Waals surface area contributed by atoms with E-state index in [2.05, 4.69) is 34.6 Å². The molecule has 2 aromatic carbocycles. The third-order valence-corrected chi connectivity index (χ3v) is 6.93. The molecule has 2 aromatic rings. The molecule has 1 N–H and O–H groups in total. The summed E-state index contributed by atoms with van der Waals surface area (Å²) in [6.07, 6.45) is 1.52. The summed E-state index contributed by atoms with van der Waals surface area (Å²) in [6, 6.07) is 12.0. The summed E-state index contributed by atoms with van der Waals surface area (Å²) >= 11 is 0. The van der Waals surface area contributed by atoms with Gasteiger partial charge >= 0.3 is 5.97 Å². The summed E-state index contributed by atoms with van der Waals surface area (Å²) in [5.74, 6) is -1.70. The Labute approximate surface area is 177 Å². The Morgan fingerprint density at radius 3 is 1.90 bits per heavy atom. The second-order valence-electron chi connectivity index (χ2n) is 9.34. The molecule has 156 valence electrons. The van der Waals surface area contributed by atoms with E-state index in [0.717, 1.165) is 5.56 Å². The van der Waals surface area contributed by atoms with E-state index < -0.39 is 17.5 Å². The van der Waals surface area contributed by atoms with Gasteiger partial charge in [0.25, 0.3) is 0 Å². The number of Topliss-reactive ketones (excluding diaryl/α,β-unsaturated/α-hetero) is 2.